The number of halogens is 2. The summed E-state index contributed by atoms with van der Waals surface area (Å²) in [4.78, 5) is 28.6. The van der Waals surface area contributed by atoms with E-state index in [2.05, 4.69) is 15.6 Å². The van der Waals surface area contributed by atoms with E-state index in [-0.39, 0.29) is 11.3 Å². The molecule has 3 rings (SSSR count). The highest BCUT2D eigenvalue weighted by atomic mass is 35.5. The summed E-state index contributed by atoms with van der Waals surface area (Å²) in [5.41, 5.74) is 1.20. The van der Waals surface area contributed by atoms with Gasteiger partial charge in [0.1, 0.15) is 11.5 Å². The minimum atomic E-state index is -0.510. The molecule has 2 aromatic carbocycles. The highest BCUT2D eigenvalue weighted by Gasteiger charge is 2.13. The molecule has 0 fully saturated rings. The van der Waals surface area contributed by atoms with Gasteiger partial charge in [-0.1, -0.05) is 23.7 Å². The van der Waals surface area contributed by atoms with Gasteiger partial charge >= 0.3 is 0 Å². The van der Waals surface area contributed by atoms with Crippen molar-refractivity contribution in [2.75, 3.05) is 10.6 Å². The molecule has 0 aliphatic carbocycles. The average Bonchev–Trinajstić information content (AvgIpc) is 2.65. The van der Waals surface area contributed by atoms with Crippen LogP contribution in [0.5, 0.6) is 0 Å². The summed E-state index contributed by atoms with van der Waals surface area (Å²) in [5.74, 6) is -1.33. The highest BCUT2D eigenvalue weighted by molar-refractivity contribution is 6.33. The van der Waals surface area contributed by atoms with Crippen molar-refractivity contribution in [2.45, 2.75) is 0 Å². The largest absolute Gasteiger partial charge is 0.321 e. The number of carbonyl (C=O) groups excluding carboxylic acids is 2. The Bertz CT molecular complexity index is 961. The standard InChI is InChI=1S/C19H13ClFN3O2/c20-15-3-1-2-4-16(15)24-18(25)12-9-10-22-17(11-12)19(26)23-14-7-5-13(21)6-8-14/h1-11H,(H,23,26)(H,24,25). The van der Waals surface area contributed by atoms with E-state index < -0.39 is 17.6 Å². The van der Waals surface area contributed by atoms with E-state index in [1.54, 1.807) is 24.3 Å². The summed E-state index contributed by atoms with van der Waals surface area (Å²) < 4.78 is 12.9. The fourth-order valence-electron chi connectivity index (χ4n) is 2.18. The lowest BCUT2D eigenvalue weighted by Crippen LogP contribution is -2.17. The van der Waals surface area contributed by atoms with Crippen LogP contribution in [0.2, 0.25) is 5.02 Å². The molecule has 3 aromatic rings. The Labute approximate surface area is 153 Å². The van der Waals surface area contributed by atoms with Gasteiger partial charge in [-0.25, -0.2) is 4.39 Å². The minimum absolute atomic E-state index is 0.0566. The molecule has 1 aromatic heterocycles. The van der Waals surface area contributed by atoms with Crippen LogP contribution in [0.15, 0.2) is 66.9 Å². The van der Waals surface area contributed by atoms with Gasteiger partial charge in [-0.2, -0.15) is 0 Å². The quantitative estimate of drug-likeness (QED) is 0.717. The van der Waals surface area contributed by atoms with Gasteiger partial charge in [-0.05, 0) is 48.5 Å². The number of rotatable bonds is 4. The predicted octanol–water partition coefficient (Wildman–Crippen LogP) is 4.38. The lowest BCUT2D eigenvalue weighted by atomic mass is 10.2. The molecule has 130 valence electrons. The lowest BCUT2D eigenvalue weighted by Gasteiger charge is -2.08. The number of hydrogen-bond donors (Lipinski definition) is 2. The van der Waals surface area contributed by atoms with Gasteiger partial charge in [0.05, 0.1) is 10.7 Å². The third kappa shape index (κ3) is 4.23. The number of nitrogens with one attached hydrogen (secondary N) is 2. The molecule has 5 nitrogen and oxygen atoms in total. The van der Waals surface area contributed by atoms with E-state index in [4.69, 9.17) is 11.6 Å². The Morgan fingerprint density at radius 1 is 0.923 bits per heavy atom. The van der Waals surface area contributed by atoms with Crippen LogP contribution in [0, 0.1) is 5.82 Å². The maximum atomic E-state index is 12.9. The normalized spacial score (nSPS) is 10.2. The topological polar surface area (TPSA) is 71.1 Å². The number of anilines is 2. The van der Waals surface area contributed by atoms with Gasteiger partial charge in [-0.3, -0.25) is 14.6 Å². The Balaban J connectivity index is 1.75. The van der Waals surface area contributed by atoms with Crippen LogP contribution in [0.3, 0.4) is 0 Å². The summed E-state index contributed by atoms with van der Waals surface area (Å²) in [6.45, 7) is 0. The SMILES string of the molecule is O=C(Nc1ccccc1Cl)c1ccnc(C(=O)Nc2ccc(F)cc2)c1. The molecule has 0 saturated heterocycles. The molecule has 0 aliphatic heterocycles. The van der Waals surface area contributed by atoms with Crippen LogP contribution in [0.4, 0.5) is 15.8 Å². The van der Waals surface area contributed by atoms with E-state index >= 15 is 0 Å². The van der Waals surface area contributed by atoms with Crippen molar-refractivity contribution < 1.29 is 14.0 Å². The van der Waals surface area contributed by atoms with Crippen LogP contribution in [0.25, 0.3) is 0 Å². The second-order valence-electron chi connectivity index (χ2n) is 5.32. The molecule has 0 saturated carbocycles. The Hall–Kier alpha value is -3.25. The Kier molecular flexibility index (Phi) is 5.24. The molecule has 0 atom stereocenters. The molecular weight excluding hydrogens is 357 g/mol. The first-order chi connectivity index (χ1) is 12.5. The van der Waals surface area contributed by atoms with Gasteiger partial charge < -0.3 is 10.6 Å². The molecule has 26 heavy (non-hydrogen) atoms. The average molecular weight is 370 g/mol. The smallest absolute Gasteiger partial charge is 0.274 e. The summed E-state index contributed by atoms with van der Waals surface area (Å²) >= 11 is 6.02. The maximum absolute atomic E-state index is 12.9. The molecule has 0 bridgehead atoms. The van der Waals surface area contributed by atoms with Crippen molar-refractivity contribution in [3.05, 3.63) is 89.0 Å². The summed E-state index contributed by atoms with van der Waals surface area (Å²) in [7, 11) is 0. The number of benzene rings is 2. The Morgan fingerprint density at radius 3 is 2.38 bits per heavy atom. The van der Waals surface area contributed by atoms with Crippen molar-refractivity contribution in [1.29, 1.82) is 0 Å². The molecule has 0 aliphatic rings. The molecule has 0 spiro atoms. The van der Waals surface area contributed by atoms with Gasteiger partial charge in [0.2, 0.25) is 0 Å². The van der Waals surface area contributed by atoms with E-state index in [0.717, 1.165) is 0 Å². The highest BCUT2D eigenvalue weighted by Crippen LogP contribution is 2.21. The van der Waals surface area contributed by atoms with Crippen LogP contribution in [-0.2, 0) is 0 Å². The van der Waals surface area contributed by atoms with Gasteiger partial charge in [-0.15, -0.1) is 0 Å². The monoisotopic (exact) mass is 369 g/mol. The van der Waals surface area contributed by atoms with Crippen molar-refractivity contribution in [2.24, 2.45) is 0 Å². The molecule has 0 unspecified atom stereocenters. The van der Waals surface area contributed by atoms with Crippen molar-refractivity contribution in [3.8, 4) is 0 Å². The summed E-state index contributed by atoms with van der Waals surface area (Å²) in [6, 6.07) is 15.0. The number of aromatic nitrogens is 1. The molecule has 2 N–H and O–H groups in total. The first kappa shape index (κ1) is 17.6. The second kappa shape index (κ2) is 7.76. The van der Waals surface area contributed by atoms with E-state index in [1.165, 1.54) is 42.6 Å². The third-order valence-corrected chi connectivity index (χ3v) is 3.81. The molecule has 1 heterocycles. The van der Waals surface area contributed by atoms with Crippen LogP contribution in [0.1, 0.15) is 20.8 Å². The van der Waals surface area contributed by atoms with Crippen LogP contribution in [-0.4, -0.2) is 16.8 Å². The third-order valence-electron chi connectivity index (χ3n) is 3.48. The summed E-state index contributed by atoms with van der Waals surface area (Å²) in [5, 5.41) is 5.67. The van der Waals surface area contributed by atoms with Gasteiger partial charge in [0.15, 0.2) is 0 Å². The Morgan fingerprint density at radius 2 is 1.65 bits per heavy atom. The minimum Gasteiger partial charge on any atom is -0.321 e. The zero-order chi connectivity index (χ0) is 18.5. The molecule has 7 heteroatoms. The molecule has 2 amide bonds. The zero-order valence-electron chi connectivity index (χ0n) is 13.4. The number of nitrogens with zero attached hydrogens (tertiary/aromatic N) is 1. The molecule has 0 radical (unpaired) electrons. The number of amides is 2. The van der Waals surface area contributed by atoms with Crippen LogP contribution < -0.4 is 10.6 Å². The fraction of sp³-hybridized carbons (Fsp3) is 0. The van der Waals surface area contributed by atoms with E-state index in [0.29, 0.717) is 16.4 Å². The van der Waals surface area contributed by atoms with Crippen LogP contribution >= 0.6 is 11.6 Å². The van der Waals surface area contributed by atoms with E-state index in [1.807, 2.05) is 0 Å². The number of carbonyl (C=O) groups is 2. The number of para-hydroxylation sites is 1. The number of pyridine rings is 1. The van der Waals surface area contributed by atoms with E-state index in [9.17, 15) is 14.0 Å². The van der Waals surface area contributed by atoms with Gasteiger partial charge in [0, 0.05) is 17.4 Å². The fourth-order valence-corrected chi connectivity index (χ4v) is 2.36. The summed E-state index contributed by atoms with van der Waals surface area (Å²) in [6.07, 6.45) is 1.36. The number of hydrogen-bond acceptors (Lipinski definition) is 3. The van der Waals surface area contributed by atoms with Crippen molar-refractivity contribution >= 4 is 34.8 Å². The zero-order valence-corrected chi connectivity index (χ0v) is 14.1. The first-order valence-corrected chi connectivity index (χ1v) is 7.99. The second-order valence-corrected chi connectivity index (χ2v) is 5.73. The predicted molar refractivity (Wildman–Crippen MR) is 98.0 cm³/mol. The van der Waals surface area contributed by atoms with Gasteiger partial charge in [0.25, 0.3) is 11.8 Å². The lowest BCUT2D eigenvalue weighted by molar-refractivity contribution is 0.102. The van der Waals surface area contributed by atoms with Crippen molar-refractivity contribution in [3.63, 3.8) is 0 Å². The van der Waals surface area contributed by atoms with Crippen molar-refractivity contribution in [1.82, 2.24) is 4.98 Å². The molecular formula is C19H13ClFN3O2. The first-order valence-electron chi connectivity index (χ1n) is 7.62. The maximum Gasteiger partial charge on any atom is 0.274 e.